The van der Waals surface area contributed by atoms with Crippen LogP contribution in [0.1, 0.15) is 45.3 Å². The van der Waals surface area contributed by atoms with Crippen LogP contribution in [0, 0.1) is 5.41 Å². The van der Waals surface area contributed by atoms with Crippen LogP contribution in [0.5, 0.6) is 0 Å². The molecule has 0 aliphatic rings. The van der Waals surface area contributed by atoms with Crippen molar-refractivity contribution in [1.82, 2.24) is 15.3 Å². The largest absolute Gasteiger partial charge is 0.396 e. The number of aliphatic hydroxyl groups is 1. The second-order valence-corrected chi connectivity index (χ2v) is 5.22. The highest BCUT2D eigenvalue weighted by atomic mass is 16.2. The monoisotopic (exact) mass is 237 g/mol. The third kappa shape index (κ3) is 5.24. The van der Waals surface area contributed by atoms with E-state index in [2.05, 4.69) is 36.1 Å². The minimum absolute atomic E-state index is 0.194. The van der Waals surface area contributed by atoms with Gasteiger partial charge >= 0.3 is 0 Å². The maximum Gasteiger partial charge on any atom is 0.0753 e. The number of aliphatic hydroxyl groups excluding tert-OH is 1. The van der Waals surface area contributed by atoms with Gasteiger partial charge in [-0.2, -0.15) is 0 Å². The Morgan fingerprint density at radius 3 is 2.76 bits per heavy atom. The molecule has 0 saturated carbocycles. The second kappa shape index (κ2) is 6.67. The van der Waals surface area contributed by atoms with Crippen molar-refractivity contribution in [3.05, 3.63) is 24.3 Å². The fraction of sp³-hybridized carbons (Fsp3) is 0.692. The van der Waals surface area contributed by atoms with E-state index in [9.17, 15) is 0 Å². The van der Waals surface area contributed by atoms with E-state index < -0.39 is 0 Å². The summed E-state index contributed by atoms with van der Waals surface area (Å²) in [7, 11) is 0. The van der Waals surface area contributed by atoms with E-state index in [0.717, 1.165) is 25.1 Å². The molecule has 1 aromatic heterocycles. The molecule has 17 heavy (non-hydrogen) atoms. The van der Waals surface area contributed by atoms with Crippen LogP contribution in [0.3, 0.4) is 0 Å². The minimum atomic E-state index is 0.194. The molecule has 1 aromatic rings. The first-order chi connectivity index (χ1) is 8.05. The fourth-order valence-electron chi connectivity index (χ4n) is 1.71. The second-order valence-electron chi connectivity index (χ2n) is 5.22. The predicted molar refractivity (Wildman–Crippen MR) is 68.6 cm³/mol. The Bertz CT molecular complexity index is 314. The molecule has 1 rings (SSSR count). The third-order valence-corrected chi connectivity index (χ3v) is 2.93. The molecule has 0 bridgehead atoms. The zero-order valence-electron chi connectivity index (χ0n) is 11.0. The van der Waals surface area contributed by atoms with Gasteiger partial charge in [-0.25, -0.2) is 0 Å². The van der Waals surface area contributed by atoms with Crippen LogP contribution in [-0.4, -0.2) is 28.2 Å². The smallest absolute Gasteiger partial charge is 0.0753 e. The Labute approximate surface area is 103 Å². The van der Waals surface area contributed by atoms with Crippen molar-refractivity contribution in [2.24, 2.45) is 5.41 Å². The molecule has 0 aliphatic carbocycles. The zero-order chi connectivity index (χ0) is 12.7. The van der Waals surface area contributed by atoms with Gasteiger partial charge in [0.25, 0.3) is 0 Å². The van der Waals surface area contributed by atoms with Gasteiger partial charge in [-0.15, -0.1) is 0 Å². The van der Waals surface area contributed by atoms with Crippen molar-refractivity contribution < 1.29 is 5.11 Å². The highest BCUT2D eigenvalue weighted by molar-refractivity contribution is 5.00. The first-order valence-electron chi connectivity index (χ1n) is 6.15. The van der Waals surface area contributed by atoms with Crippen LogP contribution >= 0.6 is 0 Å². The number of aromatic nitrogens is 2. The van der Waals surface area contributed by atoms with Crippen molar-refractivity contribution in [2.75, 3.05) is 13.2 Å². The van der Waals surface area contributed by atoms with Gasteiger partial charge in [0.05, 0.1) is 5.69 Å². The molecule has 0 aromatic carbocycles. The maximum absolute atomic E-state index is 8.85. The van der Waals surface area contributed by atoms with Crippen molar-refractivity contribution in [1.29, 1.82) is 0 Å². The Hall–Kier alpha value is -1.00. The lowest BCUT2D eigenvalue weighted by Gasteiger charge is -2.26. The summed E-state index contributed by atoms with van der Waals surface area (Å²) < 4.78 is 0. The lowest BCUT2D eigenvalue weighted by molar-refractivity contribution is 0.232. The molecule has 96 valence electrons. The van der Waals surface area contributed by atoms with Crippen LogP contribution in [0.4, 0.5) is 0 Å². The van der Waals surface area contributed by atoms with E-state index in [1.54, 1.807) is 18.6 Å². The Morgan fingerprint density at radius 1 is 1.41 bits per heavy atom. The van der Waals surface area contributed by atoms with E-state index in [0.29, 0.717) is 0 Å². The van der Waals surface area contributed by atoms with E-state index in [-0.39, 0.29) is 18.1 Å². The van der Waals surface area contributed by atoms with Gasteiger partial charge in [0, 0.05) is 37.8 Å². The third-order valence-electron chi connectivity index (χ3n) is 2.93. The molecule has 0 saturated heterocycles. The zero-order valence-corrected chi connectivity index (χ0v) is 11.0. The van der Waals surface area contributed by atoms with Crippen molar-refractivity contribution in [3.8, 4) is 0 Å². The quantitative estimate of drug-likeness (QED) is 0.760. The van der Waals surface area contributed by atoms with Gasteiger partial charge in [0.1, 0.15) is 0 Å². The van der Waals surface area contributed by atoms with Crippen LogP contribution < -0.4 is 5.32 Å². The number of nitrogens with zero attached hydrogens (tertiary/aromatic N) is 2. The summed E-state index contributed by atoms with van der Waals surface area (Å²) in [6.45, 7) is 7.68. The molecule has 1 atom stereocenters. The van der Waals surface area contributed by atoms with Gasteiger partial charge < -0.3 is 10.4 Å². The average molecular weight is 237 g/mol. The normalized spacial score (nSPS) is 13.6. The summed E-state index contributed by atoms with van der Waals surface area (Å²) in [6, 6.07) is 0.206. The molecule has 0 spiro atoms. The van der Waals surface area contributed by atoms with Gasteiger partial charge in [-0.05, 0) is 25.2 Å². The lowest BCUT2D eigenvalue weighted by Crippen LogP contribution is -2.31. The minimum Gasteiger partial charge on any atom is -0.396 e. The summed E-state index contributed by atoms with van der Waals surface area (Å²) >= 11 is 0. The van der Waals surface area contributed by atoms with Gasteiger partial charge in [0.15, 0.2) is 0 Å². The maximum atomic E-state index is 8.85. The number of hydrogen-bond donors (Lipinski definition) is 2. The Balaban J connectivity index is 2.40. The highest BCUT2D eigenvalue weighted by Gasteiger charge is 2.18. The Morgan fingerprint density at radius 2 is 2.18 bits per heavy atom. The molecule has 0 aliphatic heterocycles. The predicted octanol–water partition coefficient (Wildman–Crippen LogP) is 1.93. The molecule has 1 unspecified atom stereocenters. The fourth-order valence-corrected chi connectivity index (χ4v) is 1.71. The van der Waals surface area contributed by atoms with E-state index in [1.807, 2.05) is 0 Å². The Kier molecular flexibility index (Phi) is 5.51. The molecular weight excluding hydrogens is 214 g/mol. The topological polar surface area (TPSA) is 58.0 Å². The van der Waals surface area contributed by atoms with Crippen LogP contribution in [0.25, 0.3) is 0 Å². The number of nitrogens with one attached hydrogen (secondary N) is 1. The number of hydrogen-bond acceptors (Lipinski definition) is 4. The van der Waals surface area contributed by atoms with Crippen molar-refractivity contribution in [2.45, 2.75) is 39.7 Å². The molecule has 2 N–H and O–H groups in total. The SMILES string of the molecule is CC(NCC(C)(C)CCCO)c1cnccn1. The van der Waals surface area contributed by atoms with Crippen molar-refractivity contribution >= 4 is 0 Å². The molecule has 0 fully saturated rings. The lowest BCUT2D eigenvalue weighted by atomic mass is 9.87. The van der Waals surface area contributed by atoms with Crippen LogP contribution in [-0.2, 0) is 0 Å². The summed E-state index contributed by atoms with van der Waals surface area (Å²) in [4.78, 5) is 8.34. The molecule has 4 heteroatoms. The summed E-state index contributed by atoms with van der Waals surface area (Å²) in [5.41, 5.74) is 1.16. The average Bonchev–Trinajstić information content (AvgIpc) is 2.35. The van der Waals surface area contributed by atoms with Crippen LogP contribution in [0.2, 0.25) is 0 Å². The van der Waals surface area contributed by atoms with Crippen molar-refractivity contribution in [3.63, 3.8) is 0 Å². The van der Waals surface area contributed by atoms with Gasteiger partial charge in [-0.1, -0.05) is 13.8 Å². The summed E-state index contributed by atoms with van der Waals surface area (Å²) in [5, 5.41) is 12.3. The first-order valence-corrected chi connectivity index (χ1v) is 6.15. The molecule has 1 heterocycles. The molecule has 0 radical (unpaired) electrons. The van der Waals surface area contributed by atoms with E-state index >= 15 is 0 Å². The van der Waals surface area contributed by atoms with E-state index in [4.69, 9.17) is 5.11 Å². The summed E-state index contributed by atoms with van der Waals surface area (Å²) in [6.07, 6.45) is 7.06. The summed E-state index contributed by atoms with van der Waals surface area (Å²) in [5.74, 6) is 0. The number of rotatable bonds is 7. The first kappa shape index (κ1) is 14.1. The van der Waals surface area contributed by atoms with Gasteiger partial charge in [0.2, 0.25) is 0 Å². The van der Waals surface area contributed by atoms with Gasteiger partial charge in [-0.3, -0.25) is 9.97 Å². The van der Waals surface area contributed by atoms with E-state index in [1.165, 1.54) is 0 Å². The molecule has 4 nitrogen and oxygen atoms in total. The van der Waals surface area contributed by atoms with Crippen LogP contribution in [0.15, 0.2) is 18.6 Å². The highest BCUT2D eigenvalue weighted by Crippen LogP contribution is 2.22. The molecular formula is C13H23N3O. The molecule has 0 amide bonds. The standard InChI is InChI=1S/C13H23N3O/c1-11(12-9-14-6-7-15-12)16-10-13(2,3)5-4-8-17/h6-7,9,11,16-17H,4-5,8,10H2,1-3H3.